The van der Waals surface area contributed by atoms with Gasteiger partial charge in [-0.05, 0) is 66.7 Å². The van der Waals surface area contributed by atoms with Crippen LogP contribution in [0.15, 0.2) is 58.4 Å². The van der Waals surface area contributed by atoms with Crippen LogP contribution in [0, 0.1) is 5.82 Å². The molecule has 0 spiro atoms. The molecule has 2 N–H and O–H groups in total. The van der Waals surface area contributed by atoms with Gasteiger partial charge in [-0.2, -0.15) is 0 Å². The number of hydrogen-bond donors (Lipinski definition) is 1. The number of amides is 2. The first kappa shape index (κ1) is 19.6. The van der Waals surface area contributed by atoms with Gasteiger partial charge in [-0.15, -0.1) is 0 Å². The number of nitrogens with two attached hydrogens (primary N) is 1. The van der Waals surface area contributed by atoms with E-state index in [4.69, 9.17) is 10.5 Å². The van der Waals surface area contributed by atoms with Crippen molar-refractivity contribution >= 4 is 40.5 Å². The summed E-state index contributed by atoms with van der Waals surface area (Å²) in [6.07, 6.45) is 1.74. The Kier molecular flexibility index (Phi) is 6.10. The van der Waals surface area contributed by atoms with E-state index in [1.807, 2.05) is 13.0 Å². The second-order valence-electron chi connectivity index (χ2n) is 5.86. The second kappa shape index (κ2) is 8.71. The molecule has 2 aromatic rings. The Bertz CT molecular complexity index is 957. The number of rotatable bonds is 6. The predicted octanol–water partition coefficient (Wildman–Crippen LogP) is 3.31. The van der Waals surface area contributed by atoms with Crippen molar-refractivity contribution in [3.8, 4) is 5.75 Å². The molecule has 0 radical (unpaired) electrons. The van der Waals surface area contributed by atoms with Crippen LogP contribution >= 0.6 is 11.8 Å². The molecule has 28 heavy (non-hydrogen) atoms. The maximum atomic E-state index is 13.1. The van der Waals surface area contributed by atoms with Crippen LogP contribution in [0.2, 0.25) is 0 Å². The van der Waals surface area contributed by atoms with Crippen molar-refractivity contribution in [3.63, 3.8) is 0 Å². The van der Waals surface area contributed by atoms with Gasteiger partial charge in [0.15, 0.2) is 11.8 Å². The van der Waals surface area contributed by atoms with Crippen LogP contribution in [-0.2, 0) is 9.59 Å². The molecule has 0 bridgehead atoms. The summed E-state index contributed by atoms with van der Waals surface area (Å²) in [6, 6.07) is 12.8. The van der Waals surface area contributed by atoms with E-state index in [-0.39, 0.29) is 18.3 Å². The van der Waals surface area contributed by atoms with Crippen molar-refractivity contribution in [2.24, 2.45) is 10.7 Å². The second-order valence-corrected chi connectivity index (χ2v) is 6.87. The largest absolute Gasteiger partial charge is 0.484 e. The zero-order chi connectivity index (χ0) is 20.1. The molecule has 1 saturated heterocycles. The SMILES string of the molecule is CCN1C(=O)/C(=C\c2cccc(OCC(N)=O)c2)SC1=Nc1ccc(F)cc1. The van der Waals surface area contributed by atoms with E-state index in [0.29, 0.717) is 28.1 Å². The number of halogens is 1. The first-order chi connectivity index (χ1) is 13.5. The summed E-state index contributed by atoms with van der Waals surface area (Å²) in [5.74, 6) is -0.580. The maximum absolute atomic E-state index is 13.1. The zero-order valence-electron chi connectivity index (χ0n) is 15.1. The zero-order valence-corrected chi connectivity index (χ0v) is 15.9. The van der Waals surface area contributed by atoms with Gasteiger partial charge in [0.1, 0.15) is 11.6 Å². The molecule has 8 heteroatoms. The van der Waals surface area contributed by atoms with Crippen molar-refractivity contribution in [2.75, 3.05) is 13.2 Å². The third-order valence-electron chi connectivity index (χ3n) is 3.79. The fourth-order valence-electron chi connectivity index (χ4n) is 2.50. The van der Waals surface area contributed by atoms with Gasteiger partial charge < -0.3 is 10.5 Å². The summed E-state index contributed by atoms with van der Waals surface area (Å²) in [5, 5.41) is 0.534. The maximum Gasteiger partial charge on any atom is 0.266 e. The van der Waals surface area contributed by atoms with Gasteiger partial charge in [0.2, 0.25) is 0 Å². The van der Waals surface area contributed by atoms with Crippen molar-refractivity contribution in [1.29, 1.82) is 0 Å². The molecule has 1 heterocycles. The van der Waals surface area contributed by atoms with Crippen LogP contribution in [-0.4, -0.2) is 35.0 Å². The van der Waals surface area contributed by atoms with Gasteiger partial charge in [-0.1, -0.05) is 12.1 Å². The van der Waals surface area contributed by atoms with Crippen molar-refractivity contribution in [3.05, 3.63) is 64.8 Å². The Morgan fingerprint density at radius 3 is 2.71 bits per heavy atom. The first-order valence-electron chi connectivity index (χ1n) is 8.53. The van der Waals surface area contributed by atoms with Crippen LogP contribution in [0.1, 0.15) is 12.5 Å². The summed E-state index contributed by atoms with van der Waals surface area (Å²) in [4.78, 5) is 30.1. The summed E-state index contributed by atoms with van der Waals surface area (Å²) < 4.78 is 18.4. The quantitative estimate of drug-likeness (QED) is 0.755. The molecule has 1 aliphatic rings. The number of thioether (sulfide) groups is 1. The Balaban J connectivity index is 1.84. The summed E-state index contributed by atoms with van der Waals surface area (Å²) in [6.45, 7) is 2.11. The number of hydrogen-bond acceptors (Lipinski definition) is 5. The molecule has 0 aliphatic carbocycles. The Morgan fingerprint density at radius 1 is 1.29 bits per heavy atom. The molecule has 2 aromatic carbocycles. The van der Waals surface area contributed by atoms with E-state index >= 15 is 0 Å². The normalized spacial score (nSPS) is 16.8. The fourth-order valence-corrected chi connectivity index (χ4v) is 3.56. The molecule has 1 aliphatic heterocycles. The van der Waals surface area contributed by atoms with Crippen molar-refractivity contribution in [2.45, 2.75) is 6.92 Å². The molecule has 0 atom stereocenters. The summed E-state index contributed by atoms with van der Waals surface area (Å²) in [7, 11) is 0. The number of aliphatic imine (C=N–C) groups is 1. The van der Waals surface area contributed by atoms with Crippen LogP contribution in [0.5, 0.6) is 5.75 Å². The molecule has 1 fully saturated rings. The van der Waals surface area contributed by atoms with Crippen LogP contribution in [0.3, 0.4) is 0 Å². The van der Waals surface area contributed by atoms with Gasteiger partial charge in [0.05, 0.1) is 10.6 Å². The number of likely N-dealkylation sites (N-methyl/N-ethyl adjacent to an activating group) is 1. The highest BCUT2D eigenvalue weighted by Gasteiger charge is 2.32. The van der Waals surface area contributed by atoms with E-state index in [9.17, 15) is 14.0 Å². The number of carbonyl (C=O) groups is 2. The monoisotopic (exact) mass is 399 g/mol. The molecule has 0 unspecified atom stereocenters. The number of carbonyl (C=O) groups excluding carboxylic acids is 2. The van der Waals surface area contributed by atoms with Crippen LogP contribution in [0.4, 0.5) is 10.1 Å². The van der Waals surface area contributed by atoms with Crippen molar-refractivity contribution in [1.82, 2.24) is 4.90 Å². The van der Waals surface area contributed by atoms with Crippen LogP contribution in [0.25, 0.3) is 6.08 Å². The Hall–Kier alpha value is -3.13. The first-order valence-corrected chi connectivity index (χ1v) is 9.34. The average Bonchev–Trinajstić information content (AvgIpc) is 2.96. The highest BCUT2D eigenvalue weighted by atomic mass is 32.2. The standard InChI is InChI=1S/C20H18FN3O3S/c1-2-24-19(26)17(28-20(24)23-15-8-6-14(21)7-9-15)11-13-4-3-5-16(10-13)27-12-18(22)25/h3-11H,2,12H2,1H3,(H2,22,25)/b17-11+,23-20?. The molecule has 2 amide bonds. The van der Waals surface area contributed by atoms with E-state index in [2.05, 4.69) is 4.99 Å². The molecular weight excluding hydrogens is 381 g/mol. The van der Waals surface area contributed by atoms with Gasteiger partial charge >= 0.3 is 0 Å². The lowest BCUT2D eigenvalue weighted by molar-refractivity contribution is -0.122. The molecule has 144 valence electrons. The number of amidine groups is 1. The van der Waals surface area contributed by atoms with Crippen LogP contribution < -0.4 is 10.5 Å². The predicted molar refractivity (Wildman–Crippen MR) is 108 cm³/mol. The summed E-state index contributed by atoms with van der Waals surface area (Å²) >= 11 is 1.25. The molecule has 0 saturated carbocycles. The minimum Gasteiger partial charge on any atom is -0.484 e. The third-order valence-corrected chi connectivity index (χ3v) is 4.80. The lowest BCUT2D eigenvalue weighted by atomic mass is 10.2. The molecule has 6 nitrogen and oxygen atoms in total. The number of primary amides is 1. The molecular formula is C20H18FN3O3S. The van der Waals surface area contributed by atoms with E-state index in [0.717, 1.165) is 5.56 Å². The van der Waals surface area contributed by atoms with Crippen molar-refractivity contribution < 1.29 is 18.7 Å². The number of nitrogens with zero attached hydrogens (tertiary/aromatic N) is 2. The Morgan fingerprint density at radius 2 is 2.04 bits per heavy atom. The summed E-state index contributed by atoms with van der Waals surface area (Å²) in [5.41, 5.74) is 6.40. The lowest BCUT2D eigenvalue weighted by Crippen LogP contribution is -2.28. The highest BCUT2D eigenvalue weighted by Crippen LogP contribution is 2.34. The van der Waals surface area contributed by atoms with Gasteiger partial charge in [-0.3, -0.25) is 14.5 Å². The minimum absolute atomic E-state index is 0.156. The number of ether oxygens (including phenoxy) is 1. The van der Waals surface area contributed by atoms with E-state index in [1.54, 1.807) is 41.3 Å². The van der Waals surface area contributed by atoms with E-state index < -0.39 is 5.91 Å². The molecule has 3 rings (SSSR count). The minimum atomic E-state index is -0.564. The smallest absolute Gasteiger partial charge is 0.266 e. The van der Waals surface area contributed by atoms with Gasteiger partial charge in [0.25, 0.3) is 11.8 Å². The number of benzene rings is 2. The topological polar surface area (TPSA) is 85.0 Å². The fraction of sp³-hybridized carbons (Fsp3) is 0.150. The van der Waals surface area contributed by atoms with E-state index in [1.165, 1.54) is 23.9 Å². The van der Waals surface area contributed by atoms with Gasteiger partial charge in [-0.25, -0.2) is 9.38 Å². The lowest BCUT2D eigenvalue weighted by Gasteiger charge is -2.11. The third kappa shape index (κ3) is 4.77. The highest BCUT2D eigenvalue weighted by molar-refractivity contribution is 8.18. The Labute approximate surface area is 165 Å². The molecule has 0 aromatic heterocycles. The van der Waals surface area contributed by atoms with Gasteiger partial charge in [0, 0.05) is 6.54 Å². The average molecular weight is 399 g/mol.